The van der Waals surface area contributed by atoms with Crippen LogP contribution in [0.5, 0.6) is 0 Å². The summed E-state index contributed by atoms with van der Waals surface area (Å²) in [6.07, 6.45) is 87.2. The average Bonchev–Trinajstić information content (AvgIpc) is 3.46. The average molecular weight is 1120 g/mol. The van der Waals surface area contributed by atoms with Crippen molar-refractivity contribution in [2.45, 2.75) is 393 Å². The van der Waals surface area contributed by atoms with E-state index in [1.54, 1.807) is 0 Å². The molecule has 0 heterocycles. The Labute approximate surface area is 498 Å². The minimum atomic E-state index is -0.783. The molecule has 0 saturated heterocycles. The zero-order chi connectivity index (χ0) is 57.8. The first kappa shape index (κ1) is 77.4. The zero-order valence-corrected chi connectivity index (χ0v) is 53.9. The molecule has 0 N–H and O–H groups in total. The molecule has 468 valence electrons. The molecule has 80 heavy (non-hydrogen) atoms. The Balaban J connectivity index is 4.22. The second-order valence-electron chi connectivity index (χ2n) is 24.1. The van der Waals surface area contributed by atoms with Crippen molar-refractivity contribution in [3.63, 3.8) is 0 Å². The Morgan fingerprint density at radius 1 is 0.250 bits per heavy atom. The van der Waals surface area contributed by atoms with Crippen LogP contribution in [0.1, 0.15) is 387 Å². The number of allylic oxidation sites excluding steroid dienone is 8. The van der Waals surface area contributed by atoms with Crippen LogP contribution >= 0.6 is 0 Å². The minimum Gasteiger partial charge on any atom is -0.462 e. The fraction of sp³-hybridized carbons (Fsp3) is 0.851. The zero-order valence-electron chi connectivity index (χ0n) is 53.9. The van der Waals surface area contributed by atoms with Crippen LogP contribution in [0.3, 0.4) is 0 Å². The maximum atomic E-state index is 12.9. The Kier molecular flexibility index (Phi) is 66.6. The van der Waals surface area contributed by atoms with E-state index in [0.29, 0.717) is 19.3 Å². The van der Waals surface area contributed by atoms with Crippen molar-refractivity contribution in [2.75, 3.05) is 13.2 Å². The van der Waals surface area contributed by atoms with Gasteiger partial charge >= 0.3 is 17.9 Å². The molecule has 0 radical (unpaired) electrons. The number of rotatable bonds is 66. The summed E-state index contributed by atoms with van der Waals surface area (Å²) in [5.41, 5.74) is 0. The van der Waals surface area contributed by atoms with Crippen LogP contribution in [0.4, 0.5) is 0 Å². The van der Waals surface area contributed by atoms with E-state index in [9.17, 15) is 14.4 Å². The molecule has 6 nitrogen and oxygen atoms in total. The third kappa shape index (κ3) is 66.2. The van der Waals surface area contributed by atoms with Gasteiger partial charge in [-0.15, -0.1) is 0 Å². The van der Waals surface area contributed by atoms with Crippen molar-refractivity contribution in [3.8, 4) is 0 Å². The standard InChI is InChI=1S/C74H136O6/c1-4-7-10-13-16-19-22-25-28-30-32-33-34-35-36-37-38-39-40-41-42-44-46-49-52-55-58-61-64-67-73(76)79-70-71(69-78-72(75)66-63-60-57-54-51-48-45-27-24-21-18-15-12-9-6-3)80-74(77)68-65-62-59-56-53-50-47-43-31-29-26-23-20-17-14-11-8-5-2/h18,20-21,23,27,29,31,45,71H,4-17,19,22,24-26,28,30,32-44,46-70H2,1-3H3/b21-18-,23-20-,31-29-,45-27-. The van der Waals surface area contributed by atoms with Gasteiger partial charge in [0.25, 0.3) is 0 Å². The topological polar surface area (TPSA) is 78.9 Å². The number of carbonyl (C=O) groups excluding carboxylic acids is 3. The van der Waals surface area contributed by atoms with Gasteiger partial charge in [0, 0.05) is 19.3 Å². The Hall–Kier alpha value is -2.63. The van der Waals surface area contributed by atoms with Crippen LogP contribution in [0.15, 0.2) is 48.6 Å². The van der Waals surface area contributed by atoms with Gasteiger partial charge in [-0.1, -0.05) is 333 Å². The molecule has 0 aromatic rings. The van der Waals surface area contributed by atoms with E-state index in [0.717, 1.165) is 89.9 Å². The van der Waals surface area contributed by atoms with Gasteiger partial charge in [-0.25, -0.2) is 0 Å². The van der Waals surface area contributed by atoms with Gasteiger partial charge in [-0.3, -0.25) is 14.4 Å². The van der Waals surface area contributed by atoms with Gasteiger partial charge in [0.05, 0.1) is 0 Å². The molecule has 6 heteroatoms. The van der Waals surface area contributed by atoms with Crippen LogP contribution in [-0.2, 0) is 28.6 Å². The SMILES string of the molecule is CCCCC/C=C\C/C=C\CCCCCCCC(=O)OCC(COC(=O)CCCCCCCCCCCCCCCCCCCCCCCCCCCCCCC)OC(=O)CCCCCCCCC/C=C\C/C=C\CCCCCC. The van der Waals surface area contributed by atoms with Crippen molar-refractivity contribution >= 4 is 17.9 Å². The highest BCUT2D eigenvalue weighted by molar-refractivity contribution is 5.71. The Morgan fingerprint density at radius 2 is 0.450 bits per heavy atom. The molecule has 1 unspecified atom stereocenters. The molecule has 0 aliphatic rings. The van der Waals surface area contributed by atoms with Crippen molar-refractivity contribution in [1.29, 1.82) is 0 Å². The number of unbranched alkanes of at least 4 members (excludes halogenated alkanes) is 47. The molecule has 0 bridgehead atoms. The molecule has 0 rings (SSSR count). The van der Waals surface area contributed by atoms with E-state index in [1.165, 1.54) is 257 Å². The molecule has 0 aliphatic carbocycles. The molecule has 0 amide bonds. The molecule has 0 saturated carbocycles. The summed E-state index contributed by atoms with van der Waals surface area (Å²) in [7, 11) is 0. The van der Waals surface area contributed by atoms with Crippen LogP contribution < -0.4 is 0 Å². The second kappa shape index (κ2) is 68.9. The number of hydrogen-bond acceptors (Lipinski definition) is 6. The summed E-state index contributed by atoms with van der Waals surface area (Å²) < 4.78 is 17.0. The Morgan fingerprint density at radius 3 is 0.725 bits per heavy atom. The third-order valence-corrected chi connectivity index (χ3v) is 16.1. The lowest BCUT2D eigenvalue weighted by atomic mass is 10.0. The van der Waals surface area contributed by atoms with Crippen LogP contribution in [0.2, 0.25) is 0 Å². The summed E-state index contributed by atoms with van der Waals surface area (Å²) in [6.45, 7) is 6.64. The largest absolute Gasteiger partial charge is 0.462 e. The predicted octanol–water partition coefficient (Wildman–Crippen LogP) is 24.5. The highest BCUT2D eigenvalue weighted by Crippen LogP contribution is 2.18. The molecular formula is C74H136O6. The van der Waals surface area contributed by atoms with E-state index < -0.39 is 6.10 Å². The normalized spacial score (nSPS) is 12.3. The molecule has 0 spiro atoms. The minimum absolute atomic E-state index is 0.0773. The number of esters is 3. The maximum Gasteiger partial charge on any atom is 0.306 e. The lowest BCUT2D eigenvalue weighted by Gasteiger charge is -2.18. The second-order valence-corrected chi connectivity index (χ2v) is 24.1. The lowest BCUT2D eigenvalue weighted by Crippen LogP contribution is -2.30. The van der Waals surface area contributed by atoms with Gasteiger partial charge in [0.2, 0.25) is 0 Å². The molecule has 1 atom stereocenters. The first-order chi connectivity index (χ1) is 39.5. The van der Waals surface area contributed by atoms with E-state index >= 15 is 0 Å². The summed E-state index contributed by atoms with van der Waals surface area (Å²) in [5.74, 6) is -0.875. The van der Waals surface area contributed by atoms with E-state index in [2.05, 4.69) is 69.4 Å². The highest BCUT2D eigenvalue weighted by atomic mass is 16.6. The van der Waals surface area contributed by atoms with Gasteiger partial charge in [-0.2, -0.15) is 0 Å². The summed E-state index contributed by atoms with van der Waals surface area (Å²) in [5, 5.41) is 0. The van der Waals surface area contributed by atoms with Crippen molar-refractivity contribution in [1.82, 2.24) is 0 Å². The summed E-state index contributed by atoms with van der Waals surface area (Å²) in [6, 6.07) is 0. The molecular weight excluding hydrogens is 985 g/mol. The fourth-order valence-electron chi connectivity index (χ4n) is 10.7. The van der Waals surface area contributed by atoms with E-state index in [-0.39, 0.29) is 31.1 Å². The highest BCUT2D eigenvalue weighted by Gasteiger charge is 2.19. The van der Waals surface area contributed by atoms with Crippen molar-refractivity contribution in [2.24, 2.45) is 0 Å². The fourth-order valence-corrected chi connectivity index (χ4v) is 10.7. The first-order valence-electron chi connectivity index (χ1n) is 35.6. The Bertz CT molecular complexity index is 1380. The third-order valence-electron chi connectivity index (χ3n) is 16.1. The quantitative estimate of drug-likeness (QED) is 0.0261. The van der Waals surface area contributed by atoms with Crippen LogP contribution in [-0.4, -0.2) is 37.2 Å². The molecule has 0 aromatic heterocycles. The lowest BCUT2D eigenvalue weighted by molar-refractivity contribution is -0.167. The van der Waals surface area contributed by atoms with E-state index in [4.69, 9.17) is 14.2 Å². The number of carbonyl (C=O) groups is 3. The number of ether oxygens (including phenoxy) is 3. The predicted molar refractivity (Wildman–Crippen MR) is 349 cm³/mol. The van der Waals surface area contributed by atoms with Gasteiger partial charge < -0.3 is 14.2 Å². The molecule has 0 aliphatic heterocycles. The van der Waals surface area contributed by atoms with Gasteiger partial charge in [-0.05, 0) is 83.5 Å². The van der Waals surface area contributed by atoms with Crippen LogP contribution in [0.25, 0.3) is 0 Å². The van der Waals surface area contributed by atoms with Crippen LogP contribution in [0, 0.1) is 0 Å². The van der Waals surface area contributed by atoms with E-state index in [1.807, 2.05) is 0 Å². The molecule has 0 fully saturated rings. The summed E-state index contributed by atoms with van der Waals surface area (Å²) in [4.78, 5) is 38.4. The number of hydrogen-bond donors (Lipinski definition) is 0. The maximum absolute atomic E-state index is 12.9. The van der Waals surface area contributed by atoms with Gasteiger partial charge in [0.15, 0.2) is 6.10 Å². The van der Waals surface area contributed by atoms with Crippen molar-refractivity contribution in [3.05, 3.63) is 48.6 Å². The first-order valence-corrected chi connectivity index (χ1v) is 35.6. The molecule has 0 aromatic carbocycles. The van der Waals surface area contributed by atoms with Crippen molar-refractivity contribution < 1.29 is 28.6 Å². The van der Waals surface area contributed by atoms with Gasteiger partial charge in [0.1, 0.15) is 13.2 Å². The monoisotopic (exact) mass is 1120 g/mol. The smallest absolute Gasteiger partial charge is 0.306 e. The summed E-state index contributed by atoms with van der Waals surface area (Å²) >= 11 is 0.